The summed E-state index contributed by atoms with van der Waals surface area (Å²) in [6, 6.07) is 14.3. The normalized spacial score (nSPS) is 13.4. The Kier molecular flexibility index (Phi) is 7.02. The van der Waals surface area contributed by atoms with Gasteiger partial charge in [0.1, 0.15) is 11.9 Å². The van der Waals surface area contributed by atoms with Crippen LogP contribution in [0.4, 0.5) is 5.69 Å². The van der Waals surface area contributed by atoms with E-state index in [2.05, 4.69) is 20.0 Å². The summed E-state index contributed by atoms with van der Waals surface area (Å²) in [5.74, 6) is -0.754. The first-order valence-corrected chi connectivity index (χ1v) is 12.5. The Morgan fingerprint density at radius 1 is 1.08 bits per heavy atom. The van der Waals surface area contributed by atoms with E-state index < -0.39 is 18.0 Å². The van der Waals surface area contributed by atoms with E-state index in [1.165, 1.54) is 19.1 Å². The number of aromatic nitrogens is 2. The fraction of sp³-hybridized carbons (Fsp3) is 0.276. The highest BCUT2D eigenvalue weighted by Gasteiger charge is 2.37. The average Bonchev–Trinajstić information content (AvgIpc) is 3.26. The SMILES string of the molecule is COC(=O)CCC(C(=O)OC)N1Cc2cc(NCc3ccc4ccc5nc(C)[nH]c(=O)c5c4c3)ccc2C1=O. The molecule has 5 rings (SSSR count). The quantitative estimate of drug-likeness (QED) is 0.263. The van der Waals surface area contributed by atoms with Crippen molar-refractivity contribution in [1.82, 2.24) is 14.9 Å². The highest BCUT2D eigenvalue weighted by atomic mass is 16.5. The van der Waals surface area contributed by atoms with Crippen LogP contribution in [0.3, 0.4) is 0 Å². The zero-order chi connectivity index (χ0) is 27.7. The second kappa shape index (κ2) is 10.6. The van der Waals surface area contributed by atoms with E-state index in [1.54, 1.807) is 13.0 Å². The molecule has 0 saturated heterocycles. The smallest absolute Gasteiger partial charge is 0.328 e. The molecule has 0 saturated carbocycles. The first-order chi connectivity index (χ1) is 18.8. The maximum Gasteiger partial charge on any atom is 0.328 e. The standard InChI is InChI=1S/C29H28N4O6/c1-16-31-23-9-6-18-5-4-17(12-22(18)26(23)27(35)32-16)14-30-20-7-8-21-19(13-20)15-33(28(21)36)24(29(37)39-3)10-11-25(34)38-2/h4-9,12-13,24,30H,10-11,14-15H2,1-3H3,(H,31,32,35). The lowest BCUT2D eigenvalue weighted by Crippen LogP contribution is -2.42. The number of hydrogen-bond donors (Lipinski definition) is 2. The molecule has 1 atom stereocenters. The van der Waals surface area contributed by atoms with Crippen molar-refractivity contribution in [2.24, 2.45) is 0 Å². The Morgan fingerprint density at radius 2 is 1.87 bits per heavy atom. The number of esters is 2. The zero-order valence-corrected chi connectivity index (χ0v) is 21.9. The van der Waals surface area contributed by atoms with Gasteiger partial charge >= 0.3 is 11.9 Å². The summed E-state index contributed by atoms with van der Waals surface area (Å²) in [6.45, 7) is 2.47. The number of ether oxygens (including phenoxy) is 2. The Bertz CT molecular complexity index is 1680. The Morgan fingerprint density at radius 3 is 2.64 bits per heavy atom. The highest BCUT2D eigenvalue weighted by molar-refractivity contribution is 6.06. The molecule has 1 aliphatic heterocycles. The van der Waals surface area contributed by atoms with Gasteiger partial charge in [-0.1, -0.05) is 18.2 Å². The van der Waals surface area contributed by atoms with Gasteiger partial charge in [-0.2, -0.15) is 0 Å². The summed E-state index contributed by atoms with van der Waals surface area (Å²) in [5, 5.41) is 5.72. The Hall–Kier alpha value is -4.73. The molecule has 2 N–H and O–H groups in total. The third kappa shape index (κ3) is 5.05. The van der Waals surface area contributed by atoms with E-state index >= 15 is 0 Å². The molecule has 1 unspecified atom stereocenters. The number of carbonyl (C=O) groups is 3. The molecule has 200 valence electrons. The number of nitrogens with one attached hydrogen (secondary N) is 2. The van der Waals surface area contributed by atoms with E-state index in [4.69, 9.17) is 4.74 Å². The van der Waals surface area contributed by atoms with Crippen LogP contribution in [0.15, 0.2) is 53.3 Å². The summed E-state index contributed by atoms with van der Waals surface area (Å²) in [5.41, 5.74) is 3.54. The van der Waals surface area contributed by atoms with Crippen molar-refractivity contribution in [2.75, 3.05) is 19.5 Å². The van der Waals surface area contributed by atoms with E-state index in [0.29, 0.717) is 28.8 Å². The number of anilines is 1. The molecule has 0 bridgehead atoms. The predicted octanol–water partition coefficient (Wildman–Crippen LogP) is 3.45. The first kappa shape index (κ1) is 25.9. The van der Waals surface area contributed by atoms with Crippen LogP contribution in [0.5, 0.6) is 0 Å². The van der Waals surface area contributed by atoms with Gasteiger partial charge in [-0.05, 0) is 65.6 Å². The molecule has 0 radical (unpaired) electrons. The predicted molar refractivity (Wildman–Crippen MR) is 145 cm³/mol. The van der Waals surface area contributed by atoms with Crippen molar-refractivity contribution in [3.63, 3.8) is 0 Å². The minimum absolute atomic E-state index is 0.00816. The van der Waals surface area contributed by atoms with Gasteiger partial charge in [0.15, 0.2) is 0 Å². The van der Waals surface area contributed by atoms with Crippen molar-refractivity contribution in [3.8, 4) is 0 Å². The van der Waals surface area contributed by atoms with Gasteiger partial charge in [-0.15, -0.1) is 0 Å². The number of amides is 1. The van der Waals surface area contributed by atoms with E-state index in [-0.39, 0.29) is 30.9 Å². The fourth-order valence-corrected chi connectivity index (χ4v) is 5.04. The summed E-state index contributed by atoms with van der Waals surface area (Å²) in [7, 11) is 2.53. The largest absolute Gasteiger partial charge is 0.469 e. The second-order valence-corrected chi connectivity index (χ2v) is 9.48. The van der Waals surface area contributed by atoms with Crippen molar-refractivity contribution >= 4 is 45.2 Å². The summed E-state index contributed by atoms with van der Waals surface area (Å²) >= 11 is 0. The number of rotatable bonds is 8. The van der Waals surface area contributed by atoms with Crippen LogP contribution in [0.1, 0.15) is 40.2 Å². The zero-order valence-electron chi connectivity index (χ0n) is 21.9. The van der Waals surface area contributed by atoms with Crippen LogP contribution in [0.2, 0.25) is 0 Å². The van der Waals surface area contributed by atoms with Gasteiger partial charge in [-0.3, -0.25) is 14.4 Å². The Balaban J connectivity index is 1.35. The molecule has 10 heteroatoms. The van der Waals surface area contributed by atoms with Crippen LogP contribution in [0.25, 0.3) is 21.7 Å². The molecule has 0 spiro atoms. The lowest BCUT2D eigenvalue weighted by Gasteiger charge is -2.25. The number of carbonyl (C=O) groups excluding carboxylic acids is 3. The number of H-pyrrole nitrogens is 1. The average molecular weight is 529 g/mol. The van der Waals surface area contributed by atoms with Crippen molar-refractivity contribution in [1.29, 1.82) is 0 Å². The molecule has 1 aliphatic rings. The molecule has 0 aliphatic carbocycles. The van der Waals surface area contributed by atoms with Crippen LogP contribution >= 0.6 is 0 Å². The number of nitrogens with zero attached hydrogens (tertiary/aromatic N) is 2. The highest BCUT2D eigenvalue weighted by Crippen LogP contribution is 2.30. The van der Waals surface area contributed by atoms with Crippen LogP contribution in [-0.4, -0.2) is 53.0 Å². The Labute approximate surface area is 223 Å². The number of aryl methyl sites for hydroxylation is 1. The molecule has 1 amide bonds. The molecular formula is C29H28N4O6. The van der Waals surface area contributed by atoms with E-state index in [0.717, 1.165) is 27.6 Å². The molecule has 39 heavy (non-hydrogen) atoms. The maximum atomic E-state index is 13.1. The number of fused-ring (bicyclic) bond motifs is 4. The van der Waals surface area contributed by atoms with Crippen molar-refractivity contribution in [2.45, 2.75) is 38.9 Å². The summed E-state index contributed by atoms with van der Waals surface area (Å²) < 4.78 is 9.57. The van der Waals surface area contributed by atoms with E-state index in [1.807, 2.05) is 42.5 Å². The number of hydrogen-bond acceptors (Lipinski definition) is 8. The molecular weight excluding hydrogens is 500 g/mol. The third-order valence-electron chi connectivity index (χ3n) is 7.01. The molecule has 4 aromatic rings. The molecule has 3 aromatic carbocycles. The molecule has 0 fully saturated rings. The molecule has 2 heterocycles. The van der Waals surface area contributed by atoms with Crippen molar-refractivity contribution < 1.29 is 23.9 Å². The van der Waals surface area contributed by atoms with Crippen LogP contribution in [-0.2, 0) is 32.2 Å². The number of benzene rings is 3. The molecule has 10 nitrogen and oxygen atoms in total. The van der Waals surface area contributed by atoms with Gasteiger partial charge in [0.2, 0.25) is 0 Å². The lowest BCUT2D eigenvalue weighted by atomic mass is 10.0. The topological polar surface area (TPSA) is 131 Å². The van der Waals surface area contributed by atoms with Gasteiger partial charge in [0.05, 0.1) is 25.1 Å². The van der Waals surface area contributed by atoms with E-state index in [9.17, 15) is 19.2 Å². The van der Waals surface area contributed by atoms with Gasteiger partial charge in [-0.25, -0.2) is 9.78 Å². The fourth-order valence-electron chi connectivity index (χ4n) is 5.04. The van der Waals surface area contributed by atoms with Crippen molar-refractivity contribution in [3.05, 3.63) is 81.4 Å². The van der Waals surface area contributed by atoms with Gasteiger partial charge < -0.3 is 24.7 Å². The first-order valence-electron chi connectivity index (χ1n) is 12.5. The van der Waals surface area contributed by atoms with Crippen LogP contribution < -0.4 is 10.9 Å². The van der Waals surface area contributed by atoms with Gasteiger partial charge in [0.25, 0.3) is 11.5 Å². The minimum atomic E-state index is -0.890. The second-order valence-electron chi connectivity index (χ2n) is 9.48. The summed E-state index contributed by atoms with van der Waals surface area (Å²) in [4.78, 5) is 58.5. The number of methoxy groups -OCH3 is 2. The third-order valence-corrected chi connectivity index (χ3v) is 7.01. The van der Waals surface area contributed by atoms with Crippen LogP contribution in [0, 0.1) is 6.92 Å². The van der Waals surface area contributed by atoms with Gasteiger partial charge in [0, 0.05) is 30.8 Å². The monoisotopic (exact) mass is 528 g/mol. The maximum absolute atomic E-state index is 13.1. The number of aromatic amines is 1. The molecule has 1 aromatic heterocycles. The minimum Gasteiger partial charge on any atom is -0.469 e. The lowest BCUT2D eigenvalue weighted by molar-refractivity contribution is -0.147. The summed E-state index contributed by atoms with van der Waals surface area (Å²) in [6.07, 6.45) is 0.102.